The first kappa shape index (κ1) is 14.5. The van der Waals surface area contributed by atoms with Crippen LogP contribution in [-0.4, -0.2) is 34.1 Å². The maximum Gasteiger partial charge on any atom is 0.326 e. The molecule has 1 unspecified atom stereocenters. The molecule has 0 aliphatic heterocycles. The largest absolute Gasteiger partial charge is 0.481 e. The number of aliphatic carboxylic acids is 2. The number of carbonyl (C=O) groups excluding carboxylic acids is 1. The minimum atomic E-state index is -1.40. The number of fused-ring (bicyclic) bond motifs is 1. The summed E-state index contributed by atoms with van der Waals surface area (Å²) in [7, 11) is 0. The van der Waals surface area contributed by atoms with E-state index in [0.29, 0.717) is 4.88 Å². The van der Waals surface area contributed by atoms with Crippen molar-refractivity contribution in [1.29, 1.82) is 0 Å². The molecule has 1 aliphatic rings. The van der Waals surface area contributed by atoms with Crippen LogP contribution in [0, 0.1) is 0 Å². The lowest BCUT2D eigenvalue weighted by molar-refractivity contribution is -0.145. The maximum atomic E-state index is 12.0. The lowest BCUT2D eigenvalue weighted by Crippen LogP contribution is -2.41. The number of aryl methyl sites for hydroxylation is 2. The smallest absolute Gasteiger partial charge is 0.326 e. The summed E-state index contributed by atoms with van der Waals surface area (Å²) in [5.41, 5.74) is 1.15. The molecule has 1 amide bonds. The van der Waals surface area contributed by atoms with E-state index in [1.807, 2.05) is 0 Å². The van der Waals surface area contributed by atoms with Gasteiger partial charge in [0.25, 0.3) is 5.91 Å². The van der Waals surface area contributed by atoms with Crippen molar-refractivity contribution in [3.05, 3.63) is 21.4 Å². The summed E-state index contributed by atoms with van der Waals surface area (Å²) in [4.78, 5) is 35.1. The molecular formula is C13H15NO5S. The average molecular weight is 297 g/mol. The van der Waals surface area contributed by atoms with Crippen LogP contribution >= 0.6 is 11.3 Å². The molecule has 1 heterocycles. The molecule has 0 saturated heterocycles. The molecule has 0 fully saturated rings. The van der Waals surface area contributed by atoms with Crippen molar-refractivity contribution in [2.45, 2.75) is 38.1 Å². The molecule has 0 saturated carbocycles. The van der Waals surface area contributed by atoms with Gasteiger partial charge in [-0.1, -0.05) is 0 Å². The average Bonchev–Trinajstić information content (AvgIpc) is 2.81. The molecule has 108 valence electrons. The van der Waals surface area contributed by atoms with Crippen LogP contribution in [0.25, 0.3) is 0 Å². The van der Waals surface area contributed by atoms with Gasteiger partial charge >= 0.3 is 11.9 Å². The highest BCUT2D eigenvalue weighted by Gasteiger charge is 2.25. The number of amides is 1. The number of carboxylic acids is 2. The molecule has 0 radical (unpaired) electrons. The molecule has 3 N–H and O–H groups in total. The van der Waals surface area contributed by atoms with E-state index in [9.17, 15) is 14.4 Å². The third-order valence-corrected chi connectivity index (χ3v) is 4.44. The highest BCUT2D eigenvalue weighted by Crippen LogP contribution is 2.29. The predicted octanol–water partition coefficient (Wildman–Crippen LogP) is 1.28. The fraction of sp³-hybridized carbons (Fsp3) is 0.462. The number of thiophene rings is 1. The van der Waals surface area contributed by atoms with Gasteiger partial charge in [-0.25, -0.2) is 4.79 Å². The van der Waals surface area contributed by atoms with E-state index in [2.05, 4.69) is 5.32 Å². The lowest BCUT2D eigenvalue weighted by Gasteiger charge is -2.11. The zero-order chi connectivity index (χ0) is 14.7. The van der Waals surface area contributed by atoms with Crippen molar-refractivity contribution in [3.8, 4) is 0 Å². The minimum Gasteiger partial charge on any atom is -0.481 e. The maximum absolute atomic E-state index is 12.0. The molecular weight excluding hydrogens is 282 g/mol. The number of carbonyl (C=O) groups is 3. The Morgan fingerprint density at radius 2 is 1.95 bits per heavy atom. The van der Waals surface area contributed by atoms with Crippen molar-refractivity contribution in [1.82, 2.24) is 5.32 Å². The van der Waals surface area contributed by atoms with Gasteiger partial charge in [-0.3, -0.25) is 9.59 Å². The monoisotopic (exact) mass is 297 g/mol. The van der Waals surface area contributed by atoms with Crippen molar-refractivity contribution < 1.29 is 24.6 Å². The second-order valence-corrected chi connectivity index (χ2v) is 5.87. The van der Waals surface area contributed by atoms with Crippen molar-refractivity contribution in [2.75, 3.05) is 0 Å². The summed E-state index contributed by atoms with van der Waals surface area (Å²) in [5, 5.41) is 19.8. The first-order valence-corrected chi connectivity index (χ1v) is 7.16. The lowest BCUT2D eigenvalue weighted by atomic mass is 9.99. The Bertz CT molecular complexity index is 527. The summed E-state index contributed by atoms with van der Waals surface area (Å²) in [5.74, 6) is -3.12. The van der Waals surface area contributed by atoms with E-state index in [1.54, 1.807) is 6.07 Å². The molecule has 0 spiro atoms. The molecule has 1 aliphatic carbocycles. The topological polar surface area (TPSA) is 104 Å². The van der Waals surface area contributed by atoms with Crippen LogP contribution in [0.1, 0.15) is 39.4 Å². The Morgan fingerprint density at radius 1 is 1.25 bits per heavy atom. The van der Waals surface area contributed by atoms with Crippen molar-refractivity contribution in [3.63, 3.8) is 0 Å². The van der Waals surface area contributed by atoms with Gasteiger partial charge in [-0.15, -0.1) is 11.3 Å². The number of nitrogens with one attached hydrogen (secondary N) is 1. The van der Waals surface area contributed by atoms with Crippen LogP contribution < -0.4 is 5.32 Å². The standard InChI is InChI=1S/C13H15NO5S/c15-11(16)6-8(13(18)19)14-12(17)10-5-7-3-1-2-4-9(7)20-10/h5,8H,1-4,6H2,(H,14,17)(H,15,16)(H,18,19). The van der Waals surface area contributed by atoms with Gasteiger partial charge < -0.3 is 15.5 Å². The van der Waals surface area contributed by atoms with Crippen LogP contribution in [0.2, 0.25) is 0 Å². The van der Waals surface area contributed by atoms with Gasteiger partial charge in [-0.2, -0.15) is 0 Å². The Hall–Kier alpha value is -1.89. The normalized spacial score (nSPS) is 15.2. The van der Waals surface area contributed by atoms with Crippen LogP contribution in [0.15, 0.2) is 6.07 Å². The second-order valence-electron chi connectivity index (χ2n) is 4.73. The minimum absolute atomic E-state index is 0.452. The summed E-state index contributed by atoms with van der Waals surface area (Å²) < 4.78 is 0. The van der Waals surface area contributed by atoms with Crippen LogP contribution in [0.4, 0.5) is 0 Å². The van der Waals surface area contributed by atoms with Gasteiger partial charge in [0.05, 0.1) is 11.3 Å². The summed E-state index contributed by atoms with van der Waals surface area (Å²) in [6.45, 7) is 0. The summed E-state index contributed by atoms with van der Waals surface area (Å²) in [6, 6.07) is 0.382. The van der Waals surface area contributed by atoms with E-state index < -0.39 is 30.3 Å². The van der Waals surface area contributed by atoms with Gasteiger partial charge in [0.2, 0.25) is 0 Å². The van der Waals surface area contributed by atoms with Gasteiger partial charge in [0.15, 0.2) is 0 Å². The van der Waals surface area contributed by atoms with Crippen molar-refractivity contribution in [2.24, 2.45) is 0 Å². The molecule has 0 aromatic carbocycles. The zero-order valence-corrected chi connectivity index (χ0v) is 11.5. The SMILES string of the molecule is O=C(O)CC(NC(=O)c1cc2c(s1)CCCC2)C(=O)O. The fourth-order valence-corrected chi connectivity index (χ4v) is 3.36. The van der Waals surface area contributed by atoms with Gasteiger partial charge in [0.1, 0.15) is 6.04 Å². The summed E-state index contributed by atoms with van der Waals surface area (Å²) >= 11 is 1.36. The summed E-state index contributed by atoms with van der Waals surface area (Å²) in [6.07, 6.45) is 3.46. The molecule has 7 heteroatoms. The van der Waals surface area contributed by atoms with Crippen LogP contribution in [0.5, 0.6) is 0 Å². The molecule has 0 bridgehead atoms. The molecule has 6 nitrogen and oxygen atoms in total. The molecule has 20 heavy (non-hydrogen) atoms. The molecule has 1 atom stereocenters. The third kappa shape index (κ3) is 3.36. The van der Waals surface area contributed by atoms with E-state index in [0.717, 1.165) is 31.2 Å². The number of rotatable bonds is 5. The van der Waals surface area contributed by atoms with E-state index in [4.69, 9.17) is 10.2 Å². The number of hydrogen-bond acceptors (Lipinski definition) is 4. The molecule has 1 aromatic rings. The highest BCUT2D eigenvalue weighted by atomic mass is 32.1. The third-order valence-electron chi connectivity index (χ3n) is 3.20. The van der Waals surface area contributed by atoms with E-state index >= 15 is 0 Å². The number of hydrogen-bond donors (Lipinski definition) is 3. The van der Waals surface area contributed by atoms with E-state index in [-0.39, 0.29) is 0 Å². The Labute approximate surface area is 119 Å². The first-order chi connectivity index (χ1) is 9.47. The fourth-order valence-electron chi connectivity index (χ4n) is 2.21. The predicted molar refractivity (Wildman–Crippen MR) is 72.1 cm³/mol. The first-order valence-electron chi connectivity index (χ1n) is 6.34. The highest BCUT2D eigenvalue weighted by molar-refractivity contribution is 7.14. The zero-order valence-electron chi connectivity index (χ0n) is 10.7. The van der Waals surface area contributed by atoms with E-state index in [1.165, 1.54) is 16.2 Å². The number of carboxylic acid groups (broad SMARTS) is 2. The Balaban J connectivity index is 2.08. The quantitative estimate of drug-likeness (QED) is 0.759. The van der Waals surface area contributed by atoms with Crippen LogP contribution in [0.3, 0.4) is 0 Å². The molecule has 1 aromatic heterocycles. The Kier molecular flexibility index (Phi) is 4.39. The van der Waals surface area contributed by atoms with Crippen molar-refractivity contribution >= 4 is 29.2 Å². The van der Waals surface area contributed by atoms with Crippen LogP contribution in [-0.2, 0) is 22.4 Å². The Morgan fingerprint density at radius 3 is 2.55 bits per heavy atom. The van der Waals surface area contributed by atoms with Gasteiger partial charge in [-0.05, 0) is 37.3 Å². The second kappa shape index (κ2) is 6.04. The molecule has 2 rings (SSSR count). The van der Waals surface area contributed by atoms with Gasteiger partial charge in [0, 0.05) is 4.88 Å².